The molecule has 7 nitrogen and oxygen atoms in total. The van der Waals surface area contributed by atoms with Gasteiger partial charge in [0.1, 0.15) is 29.6 Å². The van der Waals surface area contributed by atoms with Crippen LogP contribution in [0.15, 0.2) is 30.6 Å². The Morgan fingerprint density at radius 1 is 1.34 bits per heavy atom. The van der Waals surface area contributed by atoms with Crippen molar-refractivity contribution in [2.24, 2.45) is 0 Å². The normalized spacial score (nSPS) is 22.6. The largest absolute Gasteiger partial charge is 0.488 e. The van der Waals surface area contributed by atoms with Crippen molar-refractivity contribution in [1.82, 2.24) is 9.97 Å². The molecule has 4 rings (SSSR count). The molecule has 2 aliphatic rings. The third kappa shape index (κ3) is 4.17. The molecule has 2 atom stereocenters. The van der Waals surface area contributed by atoms with Crippen LogP contribution in [0.1, 0.15) is 37.9 Å². The quantitative estimate of drug-likeness (QED) is 0.462. The van der Waals surface area contributed by atoms with Gasteiger partial charge < -0.3 is 20.1 Å². The van der Waals surface area contributed by atoms with Gasteiger partial charge in [0.05, 0.1) is 24.1 Å². The van der Waals surface area contributed by atoms with E-state index >= 15 is 0 Å². The number of nitrogen functional groups attached to an aromatic ring is 1. The summed E-state index contributed by atoms with van der Waals surface area (Å²) in [4.78, 5) is 10.7. The van der Waals surface area contributed by atoms with Crippen molar-refractivity contribution in [3.63, 3.8) is 0 Å². The van der Waals surface area contributed by atoms with E-state index in [9.17, 15) is 0 Å². The van der Waals surface area contributed by atoms with Crippen LogP contribution in [0, 0.1) is 17.8 Å². The predicted octanol–water partition coefficient (Wildman–Crippen LogP) is 2.63. The van der Waals surface area contributed by atoms with Crippen molar-refractivity contribution in [1.29, 1.82) is 5.41 Å². The number of morpholine rings is 1. The van der Waals surface area contributed by atoms with Gasteiger partial charge in [-0.3, -0.25) is 5.41 Å². The number of hydrogen-bond donors (Lipinski definition) is 2. The summed E-state index contributed by atoms with van der Waals surface area (Å²) in [6.07, 6.45) is 8.79. The third-order valence-electron chi connectivity index (χ3n) is 5.29. The Labute approximate surface area is 170 Å². The van der Waals surface area contributed by atoms with Gasteiger partial charge in [0.2, 0.25) is 0 Å². The minimum absolute atomic E-state index is 0.00377. The Morgan fingerprint density at radius 2 is 2.14 bits per heavy atom. The van der Waals surface area contributed by atoms with Crippen LogP contribution in [0.4, 0.5) is 11.5 Å². The van der Waals surface area contributed by atoms with E-state index < -0.39 is 0 Å². The first-order valence-corrected chi connectivity index (χ1v) is 9.73. The van der Waals surface area contributed by atoms with E-state index in [1.54, 1.807) is 12.1 Å². The molecule has 150 valence electrons. The van der Waals surface area contributed by atoms with Gasteiger partial charge in [-0.05, 0) is 44.9 Å². The van der Waals surface area contributed by atoms with E-state index in [0.717, 1.165) is 12.8 Å². The smallest absolute Gasteiger partial charge is 0.135 e. The number of ether oxygens (including phenoxy) is 2. The van der Waals surface area contributed by atoms with Crippen molar-refractivity contribution in [3.8, 4) is 18.1 Å². The summed E-state index contributed by atoms with van der Waals surface area (Å²) in [6, 6.07) is 7.22. The molecular formula is C22H25N5O2. The van der Waals surface area contributed by atoms with Crippen molar-refractivity contribution in [3.05, 3.63) is 41.9 Å². The van der Waals surface area contributed by atoms with Crippen LogP contribution >= 0.6 is 0 Å². The second kappa shape index (κ2) is 7.37. The van der Waals surface area contributed by atoms with E-state index in [0.29, 0.717) is 41.6 Å². The first-order chi connectivity index (χ1) is 13.9. The van der Waals surface area contributed by atoms with Crippen molar-refractivity contribution in [2.75, 3.05) is 23.7 Å². The van der Waals surface area contributed by atoms with Crippen LogP contribution < -0.4 is 15.4 Å². The van der Waals surface area contributed by atoms with Gasteiger partial charge in [-0.2, -0.15) is 0 Å². The number of nitrogens with one attached hydrogen (secondary N) is 1. The number of nitrogens with zero attached hydrogens (tertiary/aromatic N) is 3. The lowest BCUT2D eigenvalue weighted by molar-refractivity contribution is 0.0151. The molecule has 0 radical (unpaired) electrons. The van der Waals surface area contributed by atoms with Crippen LogP contribution in [0.3, 0.4) is 0 Å². The molecule has 2 fully saturated rings. The standard InChI is InChI=1S/C22H25N5O2/c1-4-15-12-27(11-14(2)28-15)20-10-19(25-13-26-20)21(24)17-9-16(5-6-18(17)23)29-22(3)7-8-22/h1,5-6,9-10,13-15,24H,7-8,11-12,23H2,2-3H3/t14-,15?/m1/s1. The monoisotopic (exact) mass is 391 g/mol. The number of nitrogens with two attached hydrogens (primary N) is 1. The van der Waals surface area contributed by atoms with Gasteiger partial charge in [-0.1, -0.05) is 5.92 Å². The van der Waals surface area contributed by atoms with Gasteiger partial charge in [-0.15, -0.1) is 6.42 Å². The zero-order valence-electron chi connectivity index (χ0n) is 16.7. The Morgan fingerprint density at radius 3 is 2.86 bits per heavy atom. The van der Waals surface area contributed by atoms with Crippen LogP contribution in [-0.2, 0) is 4.74 Å². The molecule has 2 aromatic rings. The molecule has 7 heteroatoms. The second-order valence-electron chi connectivity index (χ2n) is 7.94. The third-order valence-corrected chi connectivity index (χ3v) is 5.29. The van der Waals surface area contributed by atoms with Gasteiger partial charge in [0.15, 0.2) is 0 Å². The molecule has 1 aliphatic carbocycles. The Bertz CT molecular complexity index is 979. The van der Waals surface area contributed by atoms with Gasteiger partial charge in [0, 0.05) is 23.9 Å². The molecular weight excluding hydrogens is 366 g/mol. The lowest BCUT2D eigenvalue weighted by Gasteiger charge is -2.35. The zero-order chi connectivity index (χ0) is 20.6. The number of anilines is 2. The molecule has 1 saturated carbocycles. The topological polar surface area (TPSA) is 97.4 Å². The van der Waals surface area contributed by atoms with Gasteiger partial charge in [0.25, 0.3) is 0 Å². The number of terminal acetylenes is 1. The SMILES string of the molecule is C#CC1CN(c2cc(C(=N)c3cc(OC4(C)CC4)ccc3N)ncn2)C[C@@H](C)O1. The molecule has 0 bridgehead atoms. The fraction of sp³-hybridized carbons (Fsp3) is 0.409. The number of rotatable bonds is 5. The van der Waals surface area contributed by atoms with Crippen molar-refractivity contribution < 1.29 is 9.47 Å². The average Bonchev–Trinajstić information content (AvgIpc) is 3.45. The first-order valence-electron chi connectivity index (χ1n) is 9.73. The van der Waals surface area contributed by atoms with E-state index in [2.05, 4.69) is 27.7 Å². The van der Waals surface area contributed by atoms with Crippen molar-refractivity contribution >= 4 is 17.2 Å². The summed E-state index contributed by atoms with van der Waals surface area (Å²) in [7, 11) is 0. The maximum atomic E-state index is 8.68. The van der Waals surface area contributed by atoms with Crippen LogP contribution in [0.25, 0.3) is 0 Å². The summed E-state index contributed by atoms with van der Waals surface area (Å²) >= 11 is 0. The Hall–Kier alpha value is -3.11. The summed E-state index contributed by atoms with van der Waals surface area (Å²) in [5, 5.41) is 8.68. The Balaban J connectivity index is 1.59. The molecule has 1 unspecified atom stereocenters. The molecule has 1 aromatic carbocycles. The van der Waals surface area contributed by atoms with Crippen molar-refractivity contribution in [2.45, 2.75) is 44.5 Å². The first kappa shape index (κ1) is 19.2. The van der Waals surface area contributed by atoms with Crippen LogP contribution in [-0.4, -0.2) is 46.6 Å². The fourth-order valence-electron chi connectivity index (χ4n) is 3.40. The molecule has 0 amide bonds. The lowest BCUT2D eigenvalue weighted by atomic mass is 10.0. The fourth-order valence-corrected chi connectivity index (χ4v) is 3.40. The highest BCUT2D eigenvalue weighted by Gasteiger charge is 2.40. The molecule has 1 saturated heterocycles. The summed E-state index contributed by atoms with van der Waals surface area (Å²) in [5.74, 6) is 4.08. The van der Waals surface area contributed by atoms with E-state index in [1.165, 1.54) is 6.33 Å². The van der Waals surface area contributed by atoms with E-state index in [4.69, 9.17) is 27.0 Å². The predicted molar refractivity (Wildman–Crippen MR) is 112 cm³/mol. The average molecular weight is 391 g/mol. The molecule has 1 aliphatic heterocycles. The number of aromatic nitrogens is 2. The van der Waals surface area contributed by atoms with Gasteiger partial charge in [-0.25, -0.2) is 9.97 Å². The minimum atomic E-state index is -0.287. The maximum Gasteiger partial charge on any atom is 0.135 e. The lowest BCUT2D eigenvalue weighted by Crippen LogP contribution is -2.46. The molecule has 1 aromatic heterocycles. The maximum absolute atomic E-state index is 8.68. The molecule has 2 heterocycles. The molecule has 3 N–H and O–H groups in total. The summed E-state index contributed by atoms with van der Waals surface area (Å²) in [6.45, 7) is 5.28. The second-order valence-corrected chi connectivity index (χ2v) is 7.94. The molecule has 29 heavy (non-hydrogen) atoms. The van der Waals surface area contributed by atoms with Crippen LogP contribution in [0.5, 0.6) is 5.75 Å². The summed E-state index contributed by atoms with van der Waals surface area (Å²) in [5.41, 5.74) is 7.88. The van der Waals surface area contributed by atoms with E-state index in [1.807, 2.05) is 19.1 Å². The highest BCUT2D eigenvalue weighted by Crippen LogP contribution is 2.40. The zero-order valence-corrected chi connectivity index (χ0v) is 16.7. The molecule has 0 spiro atoms. The van der Waals surface area contributed by atoms with E-state index in [-0.39, 0.29) is 23.5 Å². The Kier molecular flexibility index (Phi) is 4.89. The van der Waals surface area contributed by atoms with Gasteiger partial charge >= 0.3 is 0 Å². The number of hydrogen-bond acceptors (Lipinski definition) is 7. The number of benzene rings is 1. The highest BCUT2D eigenvalue weighted by atomic mass is 16.5. The highest BCUT2D eigenvalue weighted by molar-refractivity contribution is 6.13. The summed E-state index contributed by atoms with van der Waals surface area (Å²) < 4.78 is 11.7. The minimum Gasteiger partial charge on any atom is -0.488 e. The van der Waals surface area contributed by atoms with Crippen LogP contribution in [0.2, 0.25) is 0 Å².